The van der Waals surface area contributed by atoms with Gasteiger partial charge in [0.25, 0.3) is 5.91 Å². The number of aromatic nitrogens is 3. The molecule has 8 nitrogen and oxygen atoms in total. The van der Waals surface area contributed by atoms with Crippen molar-refractivity contribution in [3.05, 3.63) is 75.5 Å². The molecule has 176 valence electrons. The van der Waals surface area contributed by atoms with E-state index < -0.39 is 46.9 Å². The molecule has 1 N–H and O–H groups in total. The van der Waals surface area contributed by atoms with Gasteiger partial charge in [-0.15, -0.1) is 5.10 Å². The van der Waals surface area contributed by atoms with E-state index in [2.05, 4.69) is 10.4 Å². The molecule has 3 aromatic rings. The Morgan fingerprint density at radius 2 is 1.88 bits per heavy atom. The summed E-state index contributed by atoms with van der Waals surface area (Å²) in [5, 5.41) is 6.69. The van der Waals surface area contributed by atoms with Crippen LogP contribution in [0.3, 0.4) is 0 Å². The van der Waals surface area contributed by atoms with Crippen molar-refractivity contribution in [3.8, 4) is 5.69 Å². The molecule has 1 aromatic heterocycles. The zero-order valence-corrected chi connectivity index (χ0v) is 19.1. The molecule has 0 radical (unpaired) electrons. The summed E-state index contributed by atoms with van der Waals surface area (Å²) in [6.45, 7) is 7.40. The molecule has 33 heavy (non-hydrogen) atoms. The van der Waals surface area contributed by atoms with Crippen LogP contribution in [0.1, 0.15) is 48.6 Å². The van der Waals surface area contributed by atoms with Gasteiger partial charge in [-0.2, -0.15) is 4.68 Å². The van der Waals surface area contributed by atoms with Gasteiger partial charge in [0, 0.05) is 25.4 Å². The zero-order valence-electron chi connectivity index (χ0n) is 19.1. The average molecular weight is 460 g/mol. The highest BCUT2D eigenvalue weighted by molar-refractivity contribution is 6.05. The molecule has 0 bridgehead atoms. The molecule has 1 heterocycles. The van der Waals surface area contributed by atoms with Gasteiger partial charge < -0.3 is 14.8 Å². The lowest BCUT2D eigenvalue weighted by Gasteiger charge is -2.17. The van der Waals surface area contributed by atoms with Gasteiger partial charge in [-0.3, -0.25) is 9.36 Å². The topological polar surface area (TPSA) is 87.4 Å². The number of carbonyl (C=O) groups excluding carboxylic acids is 1. The molecule has 0 aliphatic carbocycles. The van der Waals surface area contributed by atoms with Crippen LogP contribution in [-0.4, -0.2) is 33.2 Å². The van der Waals surface area contributed by atoms with Gasteiger partial charge in [-0.25, -0.2) is 13.6 Å². The first-order valence-corrected chi connectivity index (χ1v) is 10.4. The second-order valence-electron chi connectivity index (χ2n) is 7.47. The Bertz CT molecular complexity index is 1220. The zero-order chi connectivity index (χ0) is 24.3. The van der Waals surface area contributed by atoms with E-state index >= 15 is 0 Å². The highest BCUT2D eigenvalue weighted by Crippen LogP contribution is 2.22. The maximum atomic E-state index is 14.9. The molecule has 0 spiro atoms. The number of amides is 1. The van der Waals surface area contributed by atoms with Crippen molar-refractivity contribution in [3.63, 3.8) is 0 Å². The number of rotatable bonds is 8. The molecule has 0 aliphatic heterocycles. The van der Waals surface area contributed by atoms with Crippen LogP contribution in [0, 0.1) is 18.6 Å². The van der Waals surface area contributed by atoms with Crippen molar-refractivity contribution in [1.82, 2.24) is 14.3 Å². The minimum Gasteiger partial charge on any atom is -0.353 e. The van der Waals surface area contributed by atoms with E-state index in [-0.39, 0.29) is 5.82 Å². The van der Waals surface area contributed by atoms with Gasteiger partial charge in [0.2, 0.25) is 0 Å². The average Bonchev–Trinajstić information content (AvgIpc) is 3.06. The molecule has 0 fully saturated rings. The summed E-state index contributed by atoms with van der Waals surface area (Å²) < 4.78 is 42.6. The van der Waals surface area contributed by atoms with Crippen molar-refractivity contribution < 1.29 is 23.0 Å². The summed E-state index contributed by atoms with van der Waals surface area (Å²) in [7, 11) is 1.45. The number of aryl methyl sites for hydroxylation is 1. The van der Waals surface area contributed by atoms with Gasteiger partial charge in [-0.1, -0.05) is 18.2 Å². The van der Waals surface area contributed by atoms with Crippen LogP contribution in [0.4, 0.5) is 14.5 Å². The number of ether oxygens (including phenoxy) is 2. The maximum absolute atomic E-state index is 14.9. The highest BCUT2D eigenvalue weighted by atomic mass is 19.1. The Hall–Kier alpha value is -3.37. The Balaban J connectivity index is 1.92. The Kier molecular flexibility index (Phi) is 7.39. The molecule has 3 rings (SSSR count). The molecule has 1 amide bonds. The van der Waals surface area contributed by atoms with Crippen molar-refractivity contribution in [2.45, 2.75) is 40.1 Å². The predicted octanol–water partition coefficient (Wildman–Crippen LogP) is 3.87. The minimum absolute atomic E-state index is 0.202. The smallest absolute Gasteiger partial charge is 0.350 e. The summed E-state index contributed by atoms with van der Waals surface area (Å²) in [6.07, 6.45) is -1.21. The summed E-state index contributed by atoms with van der Waals surface area (Å²) >= 11 is 0. The number of hydrogen-bond donors (Lipinski definition) is 1. The first kappa shape index (κ1) is 24.3. The second-order valence-corrected chi connectivity index (χ2v) is 7.47. The Morgan fingerprint density at radius 1 is 1.18 bits per heavy atom. The summed E-state index contributed by atoms with van der Waals surface area (Å²) in [5.41, 5.74) is -0.360. The van der Waals surface area contributed by atoms with Gasteiger partial charge in [0.15, 0.2) is 12.1 Å². The summed E-state index contributed by atoms with van der Waals surface area (Å²) in [5.74, 6) is -2.58. The molecule has 0 aliphatic rings. The van der Waals surface area contributed by atoms with Crippen molar-refractivity contribution >= 4 is 11.6 Å². The molecule has 2 atom stereocenters. The number of benzene rings is 2. The third kappa shape index (κ3) is 5.18. The van der Waals surface area contributed by atoms with E-state index in [0.29, 0.717) is 12.3 Å². The SMILES string of the molecule is CCOC(C)OC(C)c1nn(-c2cc(F)c(C(=O)Nc3ccccc3C)cc2F)c(=O)n1C. The molecule has 0 saturated carbocycles. The number of anilines is 1. The number of halogens is 2. The van der Waals surface area contributed by atoms with Crippen molar-refractivity contribution in [2.24, 2.45) is 7.05 Å². The lowest BCUT2D eigenvalue weighted by Crippen LogP contribution is -2.24. The van der Waals surface area contributed by atoms with E-state index in [0.717, 1.165) is 22.4 Å². The normalized spacial score (nSPS) is 13.1. The van der Waals surface area contributed by atoms with E-state index in [1.54, 1.807) is 45.0 Å². The first-order chi connectivity index (χ1) is 15.6. The van der Waals surface area contributed by atoms with E-state index in [9.17, 15) is 18.4 Å². The van der Waals surface area contributed by atoms with Crippen LogP contribution in [0.25, 0.3) is 5.69 Å². The number of nitrogens with zero attached hydrogens (tertiary/aromatic N) is 3. The Labute approximate surface area is 189 Å². The number of hydrogen-bond acceptors (Lipinski definition) is 5. The third-order valence-electron chi connectivity index (χ3n) is 5.08. The molecule has 2 unspecified atom stereocenters. The van der Waals surface area contributed by atoms with E-state index in [1.807, 2.05) is 6.92 Å². The molecular formula is C23H26F2N4O4. The Morgan fingerprint density at radius 3 is 2.55 bits per heavy atom. The maximum Gasteiger partial charge on any atom is 0.350 e. The molecule has 0 saturated heterocycles. The standard InChI is InChI=1S/C23H26F2N4O4/c1-6-32-15(4)33-14(3)21-27-29(23(31)28(21)5)20-12-17(24)16(11-18(20)25)22(30)26-19-10-8-7-9-13(19)2/h7-12,14-15H,6H2,1-5H3,(H,26,30). The summed E-state index contributed by atoms with van der Waals surface area (Å²) in [4.78, 5) is 25.2. The van der Waals surface area contributed by atoms with Crippen LogP contribution in [0.15, 0.2) is 41.2 Å². The van der Waals surface area contributed by atoms with E-state index in [4.69, 9.17) is 9.47 Å². The lowest BCUT2D eigenvalue weighted by atomic mass is 10.1. The monoisotopic (exact) mass is 460 g/mol. The number of para-hydroxylation sites is 1. The number of carbonyl (C=O) groups is 1. The quantitative estimate of drug-likeness (QED) is 0.516. The van der Waals surface area contributed by atoms with Gasteiger partial charge in [0.1, 0.15) is 23.4 Å². The number of nitrogens with one attached hydrogen (secondary N) is 1. The highest BCUT2D eigenvalue weighted by Gasteiger charge is 2.24. The largest absolute Gasteiger partial charge is 0.353 e. The molecule has 10 heteroatoms. The third-order valence-corrected chi connectivity index (χ3v) is 5.08. The lowest BCUT2D eigenvalue weighted by molar-refractivity contribution is -0.156. The fourth-order valence-electron chi connectivity index (χ4n) is 3.36. The van der Waals surface area contributed by atoms with Crippen LogP contribution < -0.4 is 11.0 Å². The van der Waals surface area contributed by atoms with Crippen LogP contribution >= 0.6 is 0 Å². The van der Waals surface area contributed by atoms with Crippen molar-refractivity contribution in [2.75, 3.05) is 11.9 Å². The molecular weight excluding hydrogens is 434 g/mol. The van der Waals surface area contributed by atoms with Gasteiger partial charge in [0.05, 0.1) is 5.56 Å². The van der Waals surface area contributed by atoms with Crippen LogP contribution in [-0.2, 0) is 16.5 Å². The van der Waals surface area contributed by atoms with Crippen molar-refractivity contribution in [1.29, 1.82) is 0 Å². The fraction of sp³-hybridized carbons (Fsp3) is 0.348. The first-order valence-electron chi connectivity index (χ1n) is 10.4. The fourth-order valence-corrected chi connectivity index (χ4v) is 3.36. The minimum atomic E-state index is -0.995. The van der Waals surface area contributed by atoms with E-state index in [1.165, 1.54) is 11.6 Å². The van der Waals surface area contributed by atoms with Gasteiger partial charge in [-0.05, 0) is 45.4 Å². The van der Waals surface area contributed by atoms with Crippen LogP contribution in [0.2, 0.25) is 0 Å². The summed E-state index contributed by atoms with van der Waals surface area (Å²) in [6, 6.07) is 8.46. The van der Waals surface area contributed by atoms with Gasteiger partial charge >= 0.3 is 5.69 Å². The second kappa shape index (κ2) is 10.1. The molecule has 2 aromatic carbocycles. The van der Waals surface area contributed by atoms with Crippen LogP contribution in [0.5, 0.6) is 0 Å². The predicted molar refractivity (Wildman–Crippen MR) is 118 cm³/mol.